The molecule has 0 spiro atoms. The number of nitrogens with two attached hydrogens (primary N) is 1. The molecule has 0 radical (unpaired) electrons. The summed E-state index contributed by atoms with van der Waals surface area (Å²) in [5.41, 5.74) is 6.02. The van der Waals surface area contributed by atoms with Crippen molar-refractivity contribution in [3.05, 3.63) is 23.3 Å². The molecule has 0 amide bonds. The van der Waals surface area contributed by atoms with E-state index < -0.39 is 11.5 Å². The Balaban J connectivity index is 2.47. The van der Waals surface area contributed by atoms with Crippen LogP contribution in [0.1, 0.15) is 31.9 Å². The first-order chi connectivity index (χ1) is 8.17. The number of rotatable bonds is 3. The third kappa shape index (κ3) is 2.72. The second-order valence-electron chi connectivity index (χ2n) is 5.42. The normalized spacial score (nSPS) is 15.0. The van der Waals surface area contributed by atoms with Crippen molar-refractivity contribution in [2.75, 3.05) is 6.79 Å². The highest BCUT2D eigenvalue weighted by Crippen LogP contribution is 2.41. The fourth-order valence-corrected chi connectivity index (χ4v) is 1.96. The Morgan fingerprint density at radius 1 is 1.22 bits per heavy atom. The molecule has 18 heavy (non-hydrogen) atoms. The van der Waals surface area contributed by atoms with Crippen LogP contribution < -0.4 is 15.2 Å². The van der Waals surface area contributed by atoms with Crippen molar-refractivity contribution in [1.82, 2.24) is 0 Å². The van der Waals surface area contributed by atoms with Gasteiger partial charge in [0.05, 0.1) is 0 Å². The van der Waals surface area contributed by atoms with Crippen LogP contribution in [0.15, 0.2) is 12.1 Å². The van der Waals surface area contributed by atoms with Crippen LogP contribution in [-0.4, -0.2) is 12.3 Å². The highest BCUT2D eigenvalue weighted by Gasteiger charge is 2.30. The Bertz CT molecular complexity index is 461. The van der Waals surface area contributed by atoms with Crippen molar-refractivity contribution in [2.24, 2.45) is 5.73 Å². The molecule has 2 rings (SSSR count). The number of hydrogen-bond acceptors (Lipinski definition) is 3. The van der Waals surface area contributed by atoms with E-state index in [0.29, 0.717) is 23.5 Å². The summed E-state index contributed by atoms with van der Waals surface area (Å²) in [6.45, 7) is 4.60. The average Bonchev–Trinajstić information content (AvgIpc) is 2.61. The van der Waals surface area contributed by atoms with Gasteiger partial charge in [-0.25, -0.2) is 8.78 Å². The third-order valence-electron chi connectivity index (χ3n) is 2.70. The molecule has 1 aromatic rings. The predicted molar refractivity (Wildman–Crippen MR) is 64.1 cm³/mol. The predicted octanol–water partition coefficient (Wildman–Crippen LogP) is 2.81. The Morgan fingerprint density at radius 3 is 2.44 bits per heavy atom. The van der Waals surface area contributed by atoms with Crippen LogP contribution in [0.25, 0.3) is 0 Å². The highest BCUT2D eigenvalue weighted by atomic mass is 19.3. The summed E-state index contributed by atoms with van der Waals surface area (Å²) in [6, 6.07) is 2.78. The Hall–Kier alpha value is -1.36. The first-order valence-electron chi connectivity index (χ1n) is 5.76. The first kappa shape index (κ1) is 13.1. The molecule has 0 unspecified atom stereocenters. The van der Waals surface area contributed by atoms with Crippen LogP contribution >= 0.6 is 0 Å². The van der Waals surface area contributed by atoms with Crippen molar-refractivity contribution in [3.8, 4) is 11.5 Å². The monoisotopic (exact) mass is 257 g/mol. The molecule has 100 valence electrons. The van der Waals surface area contributed by atoms with Crippen LogP contribution in [-0.2, 0) is 12.3 Å². The van der Waals surface area contributed by atoms with E-state index in [9.17, 15) is 8.78 Å². The van der Waals surface area contributed by atoms with Crippen LogP contribution in [0.3, 0.4) is 0 Å². The summed E-state index contributed by atoms with van der Waals surface area (Å²) in [5.74, 6) is -2.01. The van der Waals surface area contributed by atoms with E-state index in [4.69, 9.17) is 15.2 Å². The van der Waals surface area contributed by atoms with Gasteiger partial charge < -0.3 is 15.2 Å². The summed E-state index contributed by atoms with van der Waals surface area (Å²) in [6.07, 6.45) is 0.447. The number of benzene rings is 1. The SMILES string of the molecule is CC(C)(N)Cc1cc(C(C)(F)F)cc2c1OCO2. The van der Waals surface area contributed by atoms with Gasteiger partial charge in [0.2, 0.25) is 6.79 Å². The fraction of sp³-hybridized carbons (Fsp3) is 0.538. The van der Waals surface area contributed by atoms with Gasteiger partial charge in [0.25, 0.3) is 5.92 Å². The number of fused-ring (bicyclic) bond motifs is 1. The van der Waals surface area contributed by atoms with E-state index in [1.54, 1.807) is 0 Å². The zero-order valence-electron chi connectivity index (χ0n) is 10.7. The van der Waals surface area contributed by atoms with Crippen molar-refractivity contribution in [1.29, 1.82) is 0 Å². The molecule has 0 saturated heterocycles. The minimum absolute atomic E-state index is 0.0616. The molecule has 1 heterocycles. The summed E-state index contributed by atoms with van der Waals surface area (Å²) in [4.78, 5) is 0. The second-order valence-corrected chi connectivity index (χ2v) is 5.42. The maximum atomic E-state index is 13.4. The van der Waals surface area contributed by atoms with Crippen LogP contribution in [0, 0.1) is 0 Å². The summed E-state index contributed by atoms with van der Waals surface area (Å²) < 4.78 is 37.3. The molecule has 1 aromatic carbocycles. The van der Waals surface area contributed by atoms with Crippen LogP contribution in [0.2, 0.25) is 0 Å². The second kappa shape index (κ2) is 4.09. The van der Waals surface area contributed by atoms with Gasteiger partial charge in [-0.3, -0.25) is 0 Å². The van der Waals surface area contributed by atoms with Crippen molar-refractivity contribution in [3.63, 3.8) is 0 Å². The molecule has 0 aliphatic carbocycles. The van der Waals surface area contributed by atoms with Crippen molar-refractivity contribution in [2.45, 2.75) is 38.7 Å². The number of ether oxygens (including phenoxy) is 2. The summed E-state index contributed by atoms with van der Waals surface area (Å²) in [5, 5.41) is 0. The lowest BCUT2D eigenvalue weighted by atomic mass is 9.93. The minimum atomic E-state index is -2.91. The molecule has 3 nitrogen and oxygen atoms in total. The van der Waals surface area contributed by atoms with Crippen molar-refractivity contribution < 1.29 is 18.3 Å². The lowest BCUT2D eigenvalue weighted by Crippen LogP contribution is -2.34. The average molecular weight is 257 g/mol. The Morgan fingerprint density at radius 2 is 1.89 bits per heavy atom. The van der Waals surface area contributed by atoms with Gasteiger partial charge in [-0.05, 0) is 32.4 Å². The molecule has 0 bridgehead atoms. The summed E-state index contributed by atoms with van der Waals surface area (Å²) in [7, 11) is 0. The molecular weight excluding hydrogens is 240 g/mol. The molecule has 0 fully saturated rings. The highest BCUT2D eigenvalue weighted by molar-refractivity contribution is 5.52. The molecule has 0 aromatic heterocycles. The van der Waals surface area contributed by atoms with E-state index >= 15 is 0 Å². The summed E-state index contributed by atoms with van der Waals surface area (Å²) >= 11 is 0. The third-order valence-corrected chi connectivity index (χ3v) is 2.70. The maximum Gasteiger partial charge on any atom is 0.270 e. The minimum Gasteiger partial charge on any atom is -0.454 e. The molecule has 2 N–H and O–H groups in total. The van der Waals surface area contributed by atoms with Gasteiger partial charge in [0, 0.05) is 23.6 Å². The smallest absolute Gasteiger partial charge is 0.270 e. The van der Waals surface area contributed by atoms with E-state index in [0.717, 1.165) is 6.92 Å². The zero-order chi connectivity index (χ0) is 13.6. The largest absolute Gasteiger partial charge is 0.454 e. The number of alkyl halides is 2. The van der Waals surface area contributed by atoms with Crippen LogP contribution in [0.4, 0.5) is 8.78 Å². The molecular formula is C13H17F2NO2. The van der Waals surface area contributed by atoms with Gasteiger partial charge in [0.15, 0.2) is 11.5 Å². The molecule has 0 saturated carbocycles. The van der Waals surface area contributed by atoms with Crippen LogP contribution in [0.5, 0.6) is 11.5 Å². The van der Waals surface area contributed by atoms with Crippen molar-refractivity contribution >= 4 is 0 Å². The quantitative estimate of drug-likeness (QED) is 0.905. The van der Waals surface area contributed by atoms with Gasteiger partial charge in [0.1, 0.15) is 0 Å². The lowest BCUT2D eigenvalue weighted by Gasteiger charge is -2.21. The topological polar surface area (TPSA) is 44.5 Å². The van der Waals surface area contributed by atoms with E-state index in [-0.39, 0.29) is 12.4 Å². The van der Waals surface area contributed by atoms with E-state index in [1.807, 2.05) is 13.8 Å². The fourth-order valence-electron chi connectivity index (χ4n) is 1.96. The zero-order valence-corrected chi connectivity index (χ0v) is 10.7. The van der Waals surface area contributed by atoms with Gasteiger partial charge in [-0.15, -0.1) is 0 Å². The molecule has 1 aliphatic heterocycles. The maximum absolute atomic E-state index is 13.4. The lowest BCUT2D eigenvalue weighted by molar-refractivity contribution is 0.0172. The standard InChI is InChI=1S/C13H17F2NO2/c1-12(2,16)6-8-4-9(13(3,14)15)5-10-11(8)18-7-17-10/h4-5H,6-7,16H2,1-3H3. The van der Waals surface area contributed by atoms with Gasteiger partial charge in [-0.1, -0.05) is 0 Å². The molecule has 0 atom stereocenters. The van der Waals surface area contributed by atoms with E-state index in [2.05, 4.69) is 0 Å². The molecule has 5 heteroatoms. The first-order valence-corrected chi connectivity index (χ1v) is 5.76. The Labute approximate surface area is 105 Å². The molecule has 1 aliphatic rings. The van der Waals surface area contributed by atoms with Gasteiger partial charge in [-0.2, -0.15) is 0 Å². The Kier molecular flexibility index (Phi) is 2.97. The number of hydrogen-bond donors (Lipinski definition) is 1. The van der Waals surface area contributed by atoms with Gasteiger partial charge >= 0.3 is 0 Å². The number of halogens is 2. The van der Waals surface area contributed by atoms with E-state index in [1.165, 1.54) is 12.1 Å².